The second kappa shape index (κ2) is 8.07. The second-order valence-corrected chi connectivity index (χ2v) is 4.35. The van der Waals surface area contributed by atoms with Crippen molar-refractivity contribution in [2.75, 3.05) is 19.7 Å². The van der Waals surface area contributed by atoms with Gasteiger partial charge < -0.3 is 10.1 Å². The Balaban J connectivity index is 2.51. The van der Waals surface area contributed by atoms with Crippen LogP contribution < -0.4 is 10.1 Å². The van der Waals surface area contributed by atoms with Crippen molar-refractivity contribution in [3.8, 4) is 5.75 Å². The fourth-order valence-electron chi connectivity index (χ4n) is 1.67. The van der Waals surface area contributed by atoms with Crippen molar-refractivity contribution in [1.29, 1.82) is 0 Å². The lowest BCUT2D eigenvalue weighted by molar-refractivity contribution is 0.315. The number of ether oxygens (including phenoxy) is 1. The Hall–Kier alpha value is -1.09. The van der Waals surface area contributed by atoms with E-state index >= 15 is 0 Å². The average molecular weight is 236 g/mol. The summed E-state index contributed by atoms with van der Waals surface area (Å²) in [5.74, 6) is 1.41. The highest BCUT2D eigenvalue weighted by molar-refractivity contribution is 5.25. The van der Waals surface area contributed by atoms with Crippen LogP contribution in [0.2, 0.25) is 0 Å². The minimum Gasteiger partial charge on any atom is -0.492 e. The molecule has 1 unspecified atom stereocenters. The summed E-state index contributed by atoms with van der Waals surface area (Å²) in [6, 6.07) is 2.11. The van der Waals surface area contributed by atoms with E-state index in [1.807, 2.05) is 6.20 Å². The Morgan fingerprint density at radius 1 is 1.35 bits per heavy atom. The van der Waals surface area contributed by atoms with E-state index in [0.717, 1.165) is 38.3 Å². The summed E-state index contributed by atoms with van der Waals surface area (Å²) >= 11 is 0. The molecule has 1 aromatic rings. The first kappa shape index (κ1) is 14.0. The number of pyridine rings is 1. The molecule has 1 heterocycles. The van der Waals surface area contributed by atoms with Crippen molar-refractivity contribution in [3.63, 3.8) is 0 Å². The van der Waals surface area contributed by atoms with E-state index in [-0.39, 0.29) is 0 Å². The predicted octanol–water partition coefficient (Wildman–Crippen LogP) is 2.97. The molecule has 1 N–H and O–H groups in total. The van der Waals surface area contributed by atoms with E-state index in [4.69, 9.17) is 4.74 Å². The normalized spacial score (nSPS) is 12.4. The van der Waals surface area contributed by atoms with Crippen molar-refractivity contribution in [2.45, 2.75) is 39.5 Å². The zero-order valence-electron chi connectivity index (χ0n) is 11.2. The average Bonchev–Trinajstić information content (AvgIpc) is 2.37. The standard InChI is InChI=1S/C14H24N2O/c1-4-8-17-14-9-13(10-16-11-14)12(3)6-7-15-5-2/h9-12,15H,4-8H2,1-3H3. The molecule has 0 aliphatic rings. The zero-order chi connectivity index (χ0) is 12.5. The summed E-state index contributed by atoms with van der Waals surface area (Å²) in [7, 11) is 0. The smallest absolute Gasteiger partial charge is 0.137 e. The highest BCUT2D eigenvalue weighted by Crippen LogP contribution is 2.21. The molecule has 0 spiro atoms. The lowest BCUT2D eigenvalue weighted by Gasteiger charge is -2.13. The molecule has 0 aromatic carbocycles. The molecule has 0 aliphatic carbocycles. The van der Waals surface area contributed by atoms with E-state index in [0.29, 0.717) is 5.92 Å². The quantitative estimate of drug-likeness (QED) is 0.705. The topological polar surface area (TPSA) is 34.1 Å². The number of nitrogens with one attached hydrogen (secondary N) is 1. The van der Waals surface area contributed by atoms with Crippen LogP contribution >= 0.6 is 0 Å². The van der Waals surface area contributed by atoms with Gasteiger partial charge in [-0.2, -0.15) is 0 Å². The maximum absolute atomic E-state index is 5.59. The molecule has 0 radical (unpaired) electrons. The number of rotatable bonds is 8. The fraction of sp³-hybridized carbons (Fsp3) is 0.643. The van der Waals surface area contributed by atoms with E-state index in [2.05, 4.69) is 37.1 Å². The Morgan fingerprint density at radius 2 is 2.18 bits per heavy atom. The number of nitrogens with zero attached hydrogens (tertiary/aromatic N) is 1. The highest BCUT2D eigenvalue weighted by Gasteiger charge is 2.06. The van der Waals surface area contributed by atoms with Crippen LogP contribution in [0.4, 0.5) is 0 Å². The third-order valence-corrected chi connectivity index (χ3v) is 2.78. The molecule has 1 atom stereocenters. The molecule has 3 heteroatoms. The summed E-state index contributed by atoms with van der Waals surface area (Å²) in [6.45, 7) is 9.32. The van der Waals surface area contributed by atoms with E-state index in [1.54, 1.807) is 6.20 Å². The maximum atomic E-state index is 5.59. The number of hydrogen-bond donors (Lipinski definition) is 1. The fourth-order valence-corrected chi connectivity index (χ4v) is 1.67. The van der Waals surface area contributed by atoms with Crippen molar-refractivity contribution >= 4 is 0 Å². The maximum Gasteiger partial charge on any atom is 0.137 e. The van der Waals surface area contributed by atoms with Gasteiger partial charge in [0.1, 0.15) is 5.75 Å². The third kappa shape index (κ3) is 5.18. The first-order valence-electron chi connectivity index (χ1n) is 6.56. The lowest BCUT2D eigenvalue weighted by Crippen LogP contribution is -2.16. The molecule has 96 valence electrons. The molecular weight excluding hydrogens is 212 g/mol. The molecule has 0 amide bonds. The first-order valence-corrected chi connectivity index (χ1v) is 6.56. The number of hydrogen-bond acceptors (Lipinski definition) is 3. The Labute approximate surface area is 105 Å². The highest BCUT2D eigenvalue weighted by atomic mass is 16.5. The zero-order valence-corrected chi connectivity index (χ0v) is 11.2. The summed E-state index contributed by atoms with van der Waals surface area (Å²) < 4.78 is 5.59. The molecule has 1 aromatic heterocycles. The third-order valence-electron chi connectivity index (χ3n) is 2.78. The molecule has 0 aliphatic heterocycles. The second-order valence-electron chi connectivity index (χ2n) is 4.35. The van der Waals surface area contributed by atoms with Gasteiger partial charge in [-0.05, 0) is 43.5 Å². The van der Waals surface area contributed by atoms with Crippen molar-refractivity contribution in [1.82, 2.24) is 10.3 Å². The molecular formula is C14H24N2O. The molecule has 0 fully saturated rings. The Kier molecular flexibility index (Phi) is 6.63. The molecule has 1 rings (SSSR count). The van der Waals surface area contributed by atoms with Crippen molar-refractivity contribution < 1.29 is 4.74 Å². The minimum atomic E-state index is 0.520. The van der Waals surface area contributed by atoms with Gasteiger partial charge in [-0.1, -0.05) is 20.8 Å². The molecule has 0 saturated carbocycles. The van der Waals surface area contributed by atoms with Crippen molar-refractivity contribution in [3.05, 3.63) is 24.0 Å². The monoisotopic (exact) mass is 236 g/mol. The van der Waals surface area contributed by atoms with Gasteiger partial charge >= 0.3 is 0 Å². The van der Waals surface area contributed by atoms with Gasteiger partial charge in [-0.3, -0.25) is 4.98 Å². The van der Waals surface area contributed by atoms with E-state index < -0.39 is 0 Å². The van der Waals surface area contributed by atoms with Crippen molar-refractivity contribution in [2.24, 2.45) is 0 Å². The Bertz CT molecular complexity index is 315. The van der Waals surface area contributed by atoms with E-state index in [1.165, 1.54) is 5.56 Å². The summed E-state index contributed by atoms with van der Waals surface area (Å²) in [6.07, 6.45) is 5.89. The molecule has 3 nitrogen and oxygen atoms in total. The summed E-state index contributed by atoms with van der Waals surface area (Å²) in [4.78, 5) is 4.24. The first-order chi connectivity index (χ1) is 8.27. The minimum absolute atomic E-state index is 0.520. The van der Waals surface area contributed by atoms with Gasteiger partial charge in [0.25, 0.3) is 0 Å². The van der Waals surface area contributed by atoms with Gasteiger partial charge in [0.05, 0.1) is 12.8 Å². The van der Waals surface area contributed by atoms with Gasteiger partial charge in [0.2, 0.25) is 0 Å². The van der Waals surface area contributed by atoms with Crippen LogP contribution in [-0.2, 0) is 0 Å². The number of aromatic nitrogens is 1. The molecule has 0 bridgehead atoms. The molecule has 0 saturated heterocycles. The van der Waals surface area contributed by atoms with Gasteiger partial charge in [0.15, 0.2) is 0 Å². The molecule has 17 heavy (non-hydrogen) atoms. The lowest BCUT2D eigenvalue weighted by atomic mass is 9.99. The largest absolute Gasteiger partial charge is 0.492 e. The van der Waals surface area contributed by atoms with Crippen LogP contribution in [0.15, 0.2) is 18.5 Å². The van der Waals surface area contributed by atoms with Crippen LogP contribution in [0.3, 0.4) is 0 Å². The van der Waals surface area contributed by atoms with Crippen LogP contribution in [0.1, 0.15) is 45.1 Å². The van der Waals surface area contributed by atoms with Crippen LogP contribution in [0.25, 0.3) is 0 Å². The summed E-state index contributed by atoms with van der Waals surface area (Å²) in [5.41, 5.74) is 1.26. The summed E-state index contributed by atoms with van der Waals surface area (Å²) in [5, 5.41) is 3.35. The van der Waals surface area contributed by atoms with E-state index in [9.17, 15) is 0 Å². The van der Waals surface area contributed by atoms with Gasteiger partial charge in [-0.25, -0.2) is 0 Å². The SMILES string of the molecule is CCCOc1cncc(C(C)CCNCC)c1. The Morgan fingerprint density at radius 3 is 2.88 bits per heavy atom. The van der Waals surface area contributed by atoms with Crippen LogP contribution in [0.5, 0.6) is 5.75 Å². The van der Waals surface area contributed by atoms with Gasteiger partial charge in [0, 0.05) is 6.20 Å². The van der Waals surface area contributed by atoms with Crippen LogP contribution in [-0.4, -0.2) is 24.7 Å². The van der Waals surface area contributed by atoms with Crippen LogP contribution in [0, 0.1) is 0 Å². The predicted molar refractivity (Wildman–Crippen MR) is 71.6 cm³/mol. The van der Waals surface area contributed by atoms with Gasteiger partial charge in [-0.15, -0.1) is 0 Å².